The lowest BCUT2D eigenvalue weighted by molar-refractivity contribution is -0.137. The number of aliphatic hydroxyl groups excluding tert-OH is 3. The summed E-state index contributed by atoms with van der Waals surface area (Å²) in [5, 5.41) is 39.2. The van der Waals surface area contributed by atoms with Crippen LogP contribution in [0.15, 0.2) is 23.8 Å². The van der Waals surface area contributed by atoms with Crippen LogP contribution in [0.3, 0.4) is 0 Å². The third kappa shape index (κ3) is 8.97. The molecule has 4 N–H and O–H groups in total. The van der Waals surface area contributed by atoms with Crippen molar-refractivity contribution in [3.63, 3.8) is 0 Å². The molecule has 1 fully saturated rings. The lowest BCUT2D eigenvalue weighted by atomic mass is 9.88. The second kappa shape index (κ2) is 12.3. The average molecular weight is 369 g/mol. The summed E-state index contributed by atoms with van der Waals surface area (Å²) in [6.07, 6.45) is 10.4. The van der Waals surface area contributed by atoms with E-state index in [9.17, 15) is 20.1 Å². The normalized spacial score (nSPS) is 27.0. The SMILES string of the molecule is CC(C)=CCC[C@@H](O)/C=C/[C@@H]1[C@@H](CCCCCCC(=O)O)[C@@H](O)C[C@H]1O. The second-order valence-electron chi connectivity index (χ2n) is 7.77. The van der Waals surface area contributed by atoms with Crippen LogP contribution in [0.2, 0.25) is 0 Å². The third-order valence-corrected chi connectivity index (χ3v) is 5.16. The van der Waals surface area contributed by atoms with E-state index in [1.54, 1.807) is 6.08 Å². The molecule has 0 unspecified atom stereocenters. The van der Waals surface area contributed by atoms with E-state index in [2.05, 4.69) is 6.08 Å². The average Bonchev–Trinajstić information content (AvgIpc) is 2.81. The monoisotopic (exact) mass is 368 g/mol. The van der Waals surface area contributed by atoms with Gasteiger partial charge in [0.2, 0.25) is 0 Å². The number of carbonyl (C=O) groups is 1. The van der Waals surface area contributed by atoms with Crippen molar-refractivity contribution < 1.29 is 25.2 Å². The molecular weight excluding hydrogens is 332 g/mol. The van der Waals surface area contributed by atoms with E-state index < -0.39 is 24.3 Å². The second-order valence-corrected chi connectivity index (χ2v) is 7.77. The van der Waals surface area contributed by atoms with Gasteiger partial charge in [-0.05, 0) is 45.4 Å². The quantitative estimate of drug-likeness (QED) is 0.312. The van der Waals surface area contributed by atoms with Crippen LogP contribution >= 0.6 is 0 Å². The Morgan fingerprint density at radius 1 is 1.12 bits per heavy atom. The Bertz CT molecular complexity index is 467. The number of allylic oxidation sites excluding steroid dienone is 2. The number of rotatable bonds is 12. The minimum Gasteiger partial charge on any atom is -0.481 e. The maximum atomic E-state index is 10.5. The molecule has 5 atom stereocenters. The highest BCUT2D eigenvalue weighted by atomic mass is 16.4. The summed E-state index contributed by atoms with van der Waals surface area (Å²) in [5.74, 6) is -0.875. The van der Waals surface area contributed by atoms with E-state index in [1.165, 1.54) is 5.57 Å². The van der Waals surface area contributed by atoms with Crippen molar-refractivity contribution in [1.82, 2.24) is 0 Å². The van der Waals surface area contributed by atoms with E-state index in [4.69, 9.17) is 5.11 Å². The Hall–Kier alpha value is -1.17. The highest BCUT2D eigenvalue weighted by Gasteiger charge is 2.39. The third-order valence-electron chi connectivity index (χ3n) is 5.16. The Morgan fingerprint density at radius 2 is 1.81 bits per heavy atom. The van der Waals surface area contributed by atoms with Crippen LogP contribution in [0.25, 0.3) is 0 Å². The van der Waals surface area contributed by atoms with Gasteiger partial charge in [-0.25, -0.2) is 0 Å². The molecule has 1 rings (SSSR count). The van der Waals surface area contributed by atoms with Crippen molar-refractivity contribution in [3.8, 4) is 0 Å². The number of hydrogen-bond acceptors (Lipinski definition) is 4. The summed E-state index contributed by atoms with van der Waals surface area (Å²) < 4.78 is 0. The Labute approximate surface area is 157 Å². The molecule has 0 saturated heterocycles. The predicted octanol–water partition coefficient (Wildman–Crippen LogP) is 3.43. The van der Waals surface area contributed by atoms with Gasteiger partial charge in [0.15, 0.2) is 0 Å². The van der Waals surface area contributed by atoms with Gasteiger partial charge in [-0.2, -0.15) is 0 Å². The molecule has 0 spiro atoms. The van der Waals surface area contributed by atoms with Gasteiger partial charge in [0, 0.05) is 18.8 Å². The summed E-state index contributed by atoms with van der Waals surface area (Å²) in [4.78, 5) is 10.5. The van der Waals surface area contributed by atoms with E-state index >= 15 is 0 Å². The number of carboxylic acid groups (broad SMARTS) is 1. The zero-order chi connectivity index (χ0) is 19.5. The van der Waals surface area contributed by atoms with E-state index in [-0.39, 0.29) is 18.3 Å². The van der Waals surface area contributed by atoms with Gasteiger partial charge in [-0.1, -0.05) is 43.1 Å². The van der Waals surface area contributed by atoms with Gasteiger partial charge >= 0.3 is 5.97 Å². The molecule has 5 nitrogen and oxygen atoms in total. The standard InChI is InChI=1S/C21H36O5/c1-15(2)8-7-9-16(22)12-13-18-17(19(23)14-20(18)24)10-5-3-4-6-11-21(25)26/h8,12-13,16-20,22-24H,3-7,9-11,14H2,1-2H3,(H,25,26)/b13-12+/t16-,17-,18-,19+,20-/m1/s1. The van der Waals surface area contributed by atoms with Crippen molar-refractivity contribution in [3.05, 3.63) is 23.8 Å². The van der Waals surface area contributed by atoms with Gasteiger partial charge < -0.3 is 20.4 Å². The topological polar surface area (TPSA) is 98.0 Å². The van der Waals surface area contributed by atoms with Gasteiger partial charge in [0.1, 0.15) is 0 Å². The van der Waals surface area contributed by atoms with Crippen LogP contribution in [-0.2, 0) is 4.79 Å². The molecule has 1 aliphatic carbocycles. The van der Waals surface area contributed by atoms with Crippen molar-refractivity contribution >= 4 is 5.97 Å². The largest absolute Gasteiger partial charge is 0.481 e. The van der Waals surface area contributed by atoms with Crippen LogP contribution in [0.4, 0.5) is 0 Å². The molecule has 0 heterocycles. The zero-order valence-electron chi connectivity index (χ0n) is 16.2. The van der Waals surface area contributed by atoms with E-state index in [0.29, 0.717) is 19.3 Å². The van der Waals surface area contributed by atoms with Crippen LogP contribution in [0.1, 0.15) is 71.6 Å². The van der Waals surface area contributed by atoms with Gasteiger partial charge in [0.05, 0.1) is 18.3 Å². The Balaban J connectivity index is 2.41. The van der Waals surface area contributed by atoms with Crippen LogP contribution in [-0.4, -0.2) is 44.7 Å². The summed E-state index contributed by atoms with van der Waals surface area (Å²) in [7, 11) is 0. The smallest absolute Gasteiger partial charge is 0.303 e. The van der Waals surface area contributed by atoms with Crippen molar-refractivity contribution in [2.24, 2.45) is 11.8 Å². The summed E-state index contributed by atoms with van der Waals surface area (Å²) in [6.45, 7) is 4.07. The Morgan fingerprint density at radius 3 is 2.46 bits per heavy atom. The fourth-order valence-electron chi connectivity index (χ4n) is 3.68. The minimum atomic E-state index is -0.757. The molecule has 26 heavy (non-hydrogen) atoms. The molecule has 1 aliphatic rings. The van der Waals surface area contributed by atoms with E-state index in [1.807, 2.05) is 19.9 Å². The molecule has 0 aromatic rings. The summed E-state index contributed by atoms with van der Waals surface area (Å²) in [6, 6.07) is 0. The summed E-state index contributed by atoms with van der Waals surface area (Å²) in [5.41, 5.74) is 1.24. The first-order valence-corrected chi connectivity index (χ1v) is 9.89. The number of hydrogen-bond donors (Lipinski definition) is 4. The molecule has 1 saturated carbocycles. The van der Waals surface area contributed by atoms with E-state index in [0.717, 1.165) is 32.1 Å². The number of aliphatic carboxylic acids is 1. The number of aliphatic hydroxyl groups is 3. The molecule has 0 aromatic carbocycles. The molecular formula is C21H36O5. The van der Waals surface area contributed by atoms with Crippen molar-refractivity contribution in [2.45, 2.75) is 89.9 Å². The van der Waals surface area contributed by atoms with Crippen molar-refractivity contribution in [2.75, 3.05) is 0 Å². The number of unbranched alkanes of at least 4 members (excludes halogenated alkanes) is 3. The molecule has 0 amide bonds. The number of carboxylic acids is 1. The van der Waals surface area contributed by atoms with Gasteiger partial charge in [-0.3, -0.25) is 4.79 Å². The van der Waals surface area contributed by atoms with Crippen molar-refractivity contribution in [1.29, 1.82) is 0 Å². The molecule has 0 aromatic heterocycles. The summed E-state index contributed by atoms with van der Waals surface area (Å²) >= 11 is 0. The lowest BCUT2D eigenvalue weighted by Crippen LogP contribution is -2.21. The molecule has 0 radical (unpaired) electrons. The van der Waals surface area contributed by atoms with Crippen LogP contribution in [0, 0.1) is 11.8 Å². The van der Waals surface area contributed by atoms with Crippen LogP contribution < -0.4 is 0 Å². The molecule has 5 heteroatoms. The first-order valence-electron chi connectivity index (χ1n) is 9.89. The first kappa shape index (κ1) is 22.9. The fraction of sp³-hybridized carbons (Fsp3) is 0.762. The zero-order valence-corrected chi connectivity index (χ0v) is 16.2. The van der Waals surface area contributed by atoms with Gasteiger partial charge in [-0.15, -0.1) is 0 Å². The molecule has 150 valence electrons. The van der Waals surface area contributed by atoms with Gasteiger partial charge in [0.25, 0.3) is 0 Å². The Kier molecular flexibility index (Phi) is 10.8. The lowest BCUT2D eigenvalue weighted by Gasteiger charge is -2.21. The fourth-order valence-corrected chi connectivity index (χ4v) is 3.68. The maximum Gasteiger partial charge on any atom is 0.303 e. The highest BCUT2D eigenvalue weighted by Crippen LogP contribution is 2.37. The molecule has 0 aliphatic heterocycles. The molecule has 0 bridgehead atoms. The highest BCUT2D eigenvalue weighted by molar-refractivity contribution is 5.66. The predicted molar refractivity (Wildman–Crippen MR) is 103 cm³/mol. The van der Waals surface area contributed by atoms with Crippen LogP contribution in [0.5, 0.6) is 0 Å². The maximum absolute atomic E-state index is 10.5. The minimum absolute atomic E-state index is 0.00528. The first-order chi connectivity index (χ1) is 12.3.